The van der Waals surface area contributed by atoms with E-state index >= 15 is 0 Å². The van der Waals surface area contributed by atoms with Crippen LogP contribution in [0.25, 0.3) is 0 Å². The fraction of sp³-hybridized carbons (Fsp3) is 0.0833. The number of nitro benzene ring substituents is 1. The Bertz CT molecular complexity index is 725. The minimum atomic E-state index is -0.501. The van der Waals surface area contributed by atoms with Gasteiger partial charge in [0.15, 0.2) is 5.13 Å². The largest absolute Gasteiger partial charge is 0.375 e. The number of carbonyl (C=O) groups is 1. The van der Waals surface area contributed by atoms with E-state index in [4.69, 9.17) is 5.73 Å². The number of thiazole rings is 1. The third kappa shape index (κ3) is 3.60. The second-order valence-electron chi connectivity index (χ2n) is 4.02. The molecule has 0 aliphatic rings. The molecule has 9 heteroatoms. The quantitative estimate of drug-likeness (QED) is 0.505. The highest BCUT2D eigenvalue weighted by atomic mass is 32.1. The number of aromatic nitrogens is 1. The maximum atomic E-state index is 11.8. The normalized spacial score (nSPS) is 10.7. The number of hydrogen-bond donors (Lipinski definition) is 2. The highest BCUT2D eigenvalue weighted by Crippen LogP contribution is 2.19. The van der Waals surface area contributed by atoms with Crippen molar-refractivity contribution in [3.05, 3.63) is 50.5 Å². The summed E-state index contributed by atoms with van der Waals surface area (Å²) in [5, 5.41) is 14.7. The van der Waals surface area contributed by atoms with Crippen LogP contribution in [0.3, 0.4) is 0 Å². The molecule has 0 aliphatic carbocycles. The van der Waals surface area contributed by atoms with Crippen LogP contribution in [0.15, 0.2) is 29.4 Å². The zero-order chi connectivity index (χ0) is 15.4. The van der Waals surface area contributed by atoms with Crippen LogP contribution in [-0.4, -0.2) is 22.0 Å². The Hall–Kier alpha value is -2.81. The summed E-state index contributed by atoms with van der Waals surface area (Å²) in [5.74, 6) is -0.427. The van der Waals surface area contributed by atoms with Gasteiger partial charge in [0.1, 0.15) is 4.88 Å². The molecule has 1 heterocycles. The number of rotatable bonds is 4. The Morgan fingerprint density at radius 2 is 2.33 bits per heavy atom. The number of nitrogens with zero attached hydrogens (tertiary/aromatic N) is 3. The van der Waals surface area contributed by atoms with Crippen molar-refractivity contribution in [3.63, 3.8) is 0 Å². The van der Waals surface area contributed by atoms with Crippen LogP contribution in [0.1, 0.15) is 20.9 Å². The minimum absolute atomic E-state index is 0.0450. The molecule has 8 nitrogen and oxygen atoms in total. The van der Waals surface area contributed by atoms with Crippen molar-refractivity contribution in [3.8, 4) is 0 Å². The molecule has 1 aromatic carbocycles. The molecule has 1 amide bonds. The molecule has 2 aromatic rings. The number of benzene rings is 1. The number of nitrogen functional groups attached to an aromatic ring is 1. The maximum absolute atomic E-state index is 11.8. The molecule has 0 saturated carbocycles. The van der Waals surface area contributed by atoms with E-state index in [1.807, 2.05) is 0 Å². The Labute approximate surface area is 123 Å². The molecule has 0 aliphatic heterocycles. The summed E-state index contributed by atoms with van der Waals surface area (Å²) in [5.41, 5.74) is 8.82. The monoisotopic (exact) mass is 305 g/mol. The van der Waals surface area contributed by atoms with Crippen LogP contribution in [-0.2, 0) is 0 Å². The Morgan fingerprint density at radius 1 is 1.57 bits per heavy atom. The fourth-order valence-corrected chi connectivity index (χ4v) is 2.29. The van der Waals surface area contributed by atoms with E-state index in [0.29, 0.717) is 21.3 Å². The number of hydrogen-bond acceptors (Lipinski definition) is 7. The van der Waals surface area contributed by atoms with Gasteiger partial charge in [-0.05, 0) is 6.92 Å². The molecule has 3 N–H and O–H groups in total. The van der Waals surface area contributed by atoms with E-state index in [0.717, 1.165) is 11.3 Å². The molecule has 0 unspecified atom stereocenters. The van der Waals surface area contributed by atoms with Gasteiger partial charge in [0.05, 0.1) is 16.8 Å². The molecule has 0 saturated heterocycles. The van der Waals surface area contributed by atoms with Crippen molar-refractivity contribution >= 4 is 34.3 Å². The van der Waals surface area contributed by atoms with Crippen LogP contribution < -0.4 is 11.2 Å². The number of nitrogens with one attached hydrogen (secondary N) is 1. The summed E-state index contributed by atoms with van der Waals surface area (Å²) < 4.78 is 0. The molecule has 0 bridgehead atoms. The highest BCUT2D eigenvalue weighted by Gasteiger charge is 2.13. The second-order valence-corrected chi connectivity index (χ2v) is 5.05. The molecular formula is C12H11N5O3S. The standard InChI is InChI=1S/C12H11N5O3S/c1-7-10(21-12(13)15-7)11(18)16-14-6-8-3-2-4-9(5-8)17(19)20/h2-6H,1H3,(H2,13,15)(H,16,18)/b14-6+. The van der Waals surface area contributed by atoms with E-state index in [1.165, 1.54) is 24.4 Å². The lowest BCUT2D eigenvalue weighted by Gasteiger charge is -1.97. The van der Waals surface area contributed by atoms with E-state index in [2.05, 4.69) is 15.5 Å². The molecular weight excluding hydrogens is 294 g/mol. The molecule has 0 radical (unpaired) electrons. The second kappa shape index (κ2) is 6.09. The average Bonchev–Trinajstić information content (AvgIpc) is 2.78. The van der Waals surface area contributed by atoms with Crippen LogP contribution >= 0.6 is 11.3 Å². The number of amides is 1. The maximum Gasteiger partial charge on any atom is 0.283 e. The number of nitrogens with two attached hydrogens (primary N) is 1. The number of carbonyl (C=O) groups excluding carboxylic acids is 1. The molecule has 108 valence electrons. The van der Waals surface area contributed by atoms with Crippen molar-refractivity contribution < 1.29 is 9.72 Å². The Balaban J connectivity index is 2.05. The van der Waals surface area contributed by atoms with Gasteiger partial charge in [-0.15, -0.1) is 0 Å². The summed E-state index contributed by atoms with van der Waals surface area (Å²) in [6.07, 6.45) is 1.32. The lowest BCUT2D eigenvalue weighted by atomic mass is 10.2. The summed E-state index contributed by atoms with van der Waals surface area (Å²) in [4.78, 5) is 26.3. The highest BCUT2D eigenvalue weighted by molar-refractivity contribution is 7.17. The minimum Gasteiger partial charge on any atom is -0.375 e. The smallest absolute Gasteiger partial charge is 0.283 e. The first-order valence-electron chi connectivity index (χ1n) is 5.78. The van der Waals surface area contributed by atoms with Crippen LogP contribution in [0.5, 0.6) is 0 Å². The average molecular weight is 305 g/mol. The third-order valence-corrected chi connectivity index (χ3v) is 3.47. The first-order chi connectivity index (χ1) is 9.97. The van der Waals surface area contributed by atoms with Crippen LogP contribution in [0.4, 0.5) is 10.8 Å². The van der Waals surface area contributed by atoms with Crippen molar-refractivity contribution in [1.29, 1.82) is 0 Å². The summed E-state index contributed by atoms with van der Waals surface area (Å²) >= 11 is 1.07. The van der Waals surface area contributed by atoms with E-state index < -0.39 is 10.8 Å². The predicted molar refractivity (Wildman–Crippen MR) is 79.4 cm³/mol. The number of non-ortho nitro benzene ring substituents is 1. The van der Waals surface area contributed by atoms with Crippen molar-refractivity contribution in [2.45, 2.75) is 6.92 Å². The number of hydrazone groups is 1. The third-order valence-electron chi connectivity index (χ3n) is 2.48. The van der Waals surface area contributed by atoms with E-state index in [9.17, 15) is 14.9 Å². The lowest BCUT2D eigenvalue weighted by Crippen LogP contribution is -2.17. The number of nitro groups is 1. The Morgan fingerprint density at radius 3 is 2.95 bits per heavy atom. The zero-order valence-corrected chi connectivity index (χ0v) is 11.8. The predicted octanol–water partition coefficient (Wildman–Crippen LogP) is 1.71. The van der Waals surface area contributed by atoms with Crippen LogP contribution in [0, 0.1) is 17.0 Å². The summed E-state index contributed by atoms with van der Waals surface area (Å²) in [6, 6.07) is 5.90. The molecule has 21 heavy (non-hydrogen) atoms. The number of anilines is 1. The lowest BCUT2D eigenvalue weighted by molar-refractivity contribution is -0.384. The van der Waals surface area contributed by atoms with E-state index in [-0.39, 0.29) is 5.69 Å². The van der Waals surface area contributed by atoms with Gasteiger partial charge in [-0.1, -0.05) is 23.5 Å². The van der Waals surface area contributed by atoms with Gasteiger partial charge in [-0.2, -0.15) is 5.10 Å². The van der Waals surface area contributed by atoms with Crippen LogP contribution in [0.2, 0.25) is 0 Å². The summed E-state index contributed by atoms with van der Waals surface area (Å²) in [7, 11) is 0. The van der Waals surface area contributed by atoms with Gasteiger partial charge in [0.25, 0.3) is 11.6 Å². The molecule has 0 atom stereocenters. The SMILES string of the molecule is Cc1nc(N)sc1C(=O)N/N=C/c1cccc([N+](=O)[O-])c1. The van der Waals surface area contributed by atoms with Gasteiger partial charge in [-0.25, -0.2) is 10.4 Å². The molecule has 0 fully saturated rings. The molecule has 2 rings (SSSR count). The van der Waals surface area contributed by atoms with Gasteiger partial charge in [-0.3, -0.25) is 14.9 Å². The first-order valence-corrected chi connectivity index (χ1v) is 6.60. The van der Waals surface area contributed by atoms with Crippen molar-refractivity contribution in [1.82, 2.24) is 10.4 Å². The van der Waals surface area contributed by atoms with Gasteiger partial charge in [0, 0.05) is 17.7 Å². The fourth-order valence-electron chi connectivity index (χ4n) is 1.56. The van der Waals surface area contributed by atoms with E-state index in [1.54, 1.807) is 13.0 Å². The van der Waals surface area contributed by atoms with Crippen molar-refractivity contribution in [2.24, 2.45) is 5.10 Å². The Kier molecular flexibility index (Phi) is 4.24. The van der Waals surface area contributed by atoms with Gasteiger partial charge in [0.2, 0.25) is 0 Å². The summed E-state index contributed by atoms with van der Waals surface area (Å²) in [6.45, 7) is 1.67. The zero-order valence-electron chi connectivity index (χ0n) is 10.9. The van der Waals surface area contributed by atoms with Gasteiger partial charge < -0.3 is 5.73 Å². The topological polar surface area (TPSA) is 124 Å². The van der Waals surface area contributed by atoms with Crippen molar-refractivity contribution in [2.75, 3.05) is 5.73 Å². The van der Waals surface area contributed by atoms with Gasteiger partial charge >= 0.3 is 0 Å². The molecule has 1 aromatic heterocycles. The number of aryl methyl sites for hydroxylation is 1. The molecule has 0 spiro atoms. The first kappa shape index (κ1) is 14.6.